The van der Waals surface area contributed by atoms with E-state index in [0.29, 0.717) is 28.2 Å². The summed E-state index contributed by atoms with van der Waals surface area (Å²) in [6.07, 6.45) is 1.32. The maximum Gasteiger partial charge on any atom is 0.409 e. The molecule has 1 aliphatic heterocycles. The number of rotatable bonds is 4. The van der Waals surface area contributed by atoms with Gasteiger partial charge in [0.2, 0.25) is 0 Å². The first-order valence-corrected chi connectivity index (χ1v) is 11.4. The van der Waals surface area contributed by atoms with Crippen LogP contribution < -0.4 is 5.32 Å². The highest BCUT2D eigenvalue weighted by Crippen LogP contribution is 2.35. The van der Waals surface area contributed by atoms with Crippen LogP contribution in [0.2, 0.25) is 15.1 Å². The van der Waals surface area contributed by atoms with Gasteiger partial charge in [-0.2, -0.15) is 0 Å². The van der Waals surface area contributed by atoms with Crippen molar-refractivity contribution in [3.05, 3.63) is 63.1 Å². The van der Waals surface area contributed by atoms with E-state index in [4.69, 9.17) is 44.6 Å². The number of nitrogens with one attached hydrogen (secondary N) is 1. The second-order valence-corrected chi connectivity index (χ2v) is 8.99. The lowest BCUT2D eigenvalue weighted by Crippen LogP contribution is -2.42. The molecule has 0 saturated carbocycles. The Bertz CT molecular complexity index is 1120. The van der Waals surface area contributed by atoms with Gasteiger partial charge in [0.05, 0.1) is 23.5 Å². The third-order valence-electron chi connectivity index (χ3n) is 5.65. The summed E-state index contributed by atoms with van der Waals surface area (Å²) in [6.45, 7) is 3.30. The summed E-state index contributed by atoms with van der Waals surface area (Å²) in [5.41, 5.74) is 3.62. The summed E-state index contributed by atoms with van der Waals surface area (Å²) in [5.74, 6) is 0.775. The second-order valence-electron chi connectivity index (χ2n) is 7.71. The molecule has 0 bridgehead atoms. The molecule has 1 aromatic heterocycles. The molecule has 0 radical (unpaired) electrons. The van der Waals surface area contributed by atoms with E-state index in [0.717, 1.165) is 41.2 Å². The van der Waals surface area contributed by atoms with Gasteiger partial charge in [-0.25, -0.2) is 9.48 Å². The summed E-state index contributed by atoms with van der Waals surface area (Å²) in [4.78, 5) is 13.5. The normalized spacial score (nSPS) is 14.5. The van der Waals surface area contributed by atoms with Gasteiger partial charge in [-0.3, -0.25) is 0 Å². The molecule has 1 saturated heterocycles. The lowest BCUT2D eigenvalue weighted by molar-refractivity contribution is 0.113. The lowest BCUT2D eigenvalue weighted by Gasteiger charge is -2.31. The number of carbonyl (C=O) groups excluding carboxylic acids is 1. The molecule has 4 rings (SSSR count). The van der Waals surface area contributed by atoms with E-state index in [1.165, 1.54) is 7.11 Å². The van der Waals surface area contributed by atoms with Gasteiger partial charge in [0.1, 0.15) is 0 Å². The maximum atomic E-state index is 11.8. The van der Waals surface area contributed by atoms with E-state index in [9.17, 15) is 4.79 Å². The standard InChI is InChI=1S/C23H23Cl3N4O2/c1-14-21(15-3-5-16(24)6-4-15)30(20-8-7-17(25)13-19(20)26)28-22(14)27-18-9-11-29(12-10-18)23(31)32-2/h3-8,13,18H,9-12H2,1-2H3,(H,27,28). The molecule has 0 spiro atoms. The fourth-order valence-electron chi connectivity index (χ4n) is 3.94. The van der Waals surface area contributed by atoms with E-state index in [-0.39, 0.29) is 12.1 Å². The first-order chi connectivity index (χ1) is 15.4. The number of benzene rings is 2. The van der Waals surface area contributed by atoms with Crippen LogP contribution in [-0.4, -0.2) is 47.0 Å². The number of anilines is 1. The van der Waals surface area contributed by atoms with Gasteiger partial charge in [0.15, 0.2) is 5.82 Å². The average molecular weight is 494 g/mol. The summed E-state index contributed by atoms with van der Waals surface area (Å²) >= 11 is 18.7. The third-order valence-corrected chi connectivity index (χ3v) is 6.44. The van der Waals surface area contributed by atoms with E-state index in [1.807, 2.05) is 41.9 Å². The van der Waals surface area contributed by atoms with Crippen molar-refractivity contribution in [1.29, 1.82) is 0 Å². The first kappa shape index (κ1) is 22.8. The lowest BCUT2D eigenvalue weighted by atomic mass is 10.0. The molecule has 3 aromatic rings. The molecular formula is C23H23Cl3N4O2. The van der Waals surface area contributed by atoms with Crippen molar-refractivity contribution in [2.75, 3.05) is 25.5 Å². The Morgan fingerprint density at radius 2 is 1.72 bits per heavy atom. The van der Waals surface area contributed by atoms with Crippen LogP contribution in [0.3, 0.4) is 0 Å². The number of methoxy groups -OCH3 is 1. The highest BCUT2D eigenvalue weighted by molar-refractivity contribution is 6.35. The Kier molecular flexibility index (Phi) is 6.84. The smallest absolute Gasteiger partial charge is 0.409 e. The first-order valence-electron chi connectivity index (χ1n) is 10.3. The van der Waals surface area contributed by atoms with Crippen molar-refractivity contribution in [1.82, 2.24) is 14.7 Å². The van der Waals surface area contributed by atoms with Crippen LogP contribution >= 0.6 is 34.8 Å². The number of piperidine rings is 1. The molecule has 2 aromatic carbocycles. The van der Waals surface area contributed by atoms with Crippen LogP contribution in [0.1, 0.15) is 18.4 Å². The van der Waals surface area contributed by atoms with Crippen molar-refractivity contribution in [3.63, 3.8) is 0 Å². The topological polar surface area (TPSA) is 59.4 Å². The predicted molar refractivity (Wildman–Crippen MR) is 129 cm³/mol. The summed E-state index contributed by atoms with van der Waals surface area (Å²) < 4.78 is 6.66. The average Bonchev–Trinajstić information content (AvgIpc) is 3.10. The summed E-state index contributed by atoms with van der Waals surface area (Å²) in [5, 5.41) is 10.2. The molecule has 6 nitrogen and oxygen atoms in total. The number of hydrogen-bond donors (Lipinski definition) is 1. The fraction of sp³-hybridized carbons (Fsp3) is 0.304. The van der Waals surface area contributed by atoms with Gasteiger partial charge in [-0.1, -0.05) is 46.9 Å². The fourth-order valence-corrected chi connectivity index (χ4v) is 4.55. The largest absolute Gasteiger partial charge is 0.453 e. The number of likely N-dealkylation sites (tertiary alicyclic amines) is 1. The molecule has 2 heterocycles. The molecule has 0 aliphatic carbocycles. The van der Waals surface area contributed by atoms with E-state index >= 15 is 0 Å². The van der Waals surface area contributed by atoms with E-state index in [1.54, 1.807) is 17.0 Å². The number of amides is 1. The summed E-state index contributed by atoms with van der Waals surface area (Å²) in [6, 6.07) is 13.2. The van der Waals surface area contributed by atoms with Gasteiger partial charge in [-0.05, 0) is 50.1 Å². The monoisotopic (exact) mass is 492 g/mol. The van der Waals surface area contributed by atoms with Gasteiger partial charge < -0.3 is 15.0 Å². The number of nitrogens with zero attached hydrogens (tertiary/aromatic N) is 3. The predicted octanol–water partition coefficient (Wildman–Crippen LogP) is 6.45. The SMILES string of the molecule is COC(=O)N1CCC(Nc2nn(-c3ccc(Cl)cc3Cl)c(-c3ccc(Cl)cc3)c2C)CC1. The maximum absolute atomic E-state index is 11.8. The van der Waals surface area contributed by atoms with Crippen molar-refractivity contribution in [2.24, 2.45) is 0 Å². The Labute approximate surface area is 202 Å². The zero-order chi connectivity index (χ0) is 22.8. The van der Waals surface area contributed by atoms with Crippen LogP contribution in [0.25, 0.3) is 16.9 Å². The van der Waals surface area contributed by atoms with Crippen LogP contribution in [0.4, 0.5) is 10.6 Å². The zero-order valence-corrected chi connectivity index (χ0v) is 20.0. The molecule has 0 unspecified atom stereocenters. The van der Waals surface area contributed by atoms with Crippen molar-refractivity contribution < 1.29 is 9.53 Å². The highest BCUT2D eigenvalue weighted by Gasteiger charge is 2.26. The van der Waals surface area contributed by atoms with Crippen LogP contribution in [0.15, 0.2) is 42.5 Å². The molecule has 1 amide bonds. The molecular weight excluding hydrogens is 471 g/mol. The Morgan fingerprint density at radius 3 is 2.34 bits per heavy atom. The van der Waals surface area contributed by atoms with Crippen LogP contribution in [0.5, 0.6) is 0 Å². The molecule has 0 atom stereocenters. The van der Waals surface area contributed by atoms with E-state index < -0.39 is 0 Å². The quantitative estimate of drug-likeness (QED) is 0.454. The minimum Gasteiger partial charge on any atom is -0.453 e. The Morgan fingerprint density at radius 1 is 1.06 bits per heavy atom. The van der Waals surface area contributed by atoms with Gasteiger partial charge in [-0.15, -0.1) is 5.10 Å². The van der Waals surface area contributed by atoms with Crippen LogP contribution in [0, 0.1) is 6.92 Å². The molecule has 1 N–H and O–H groups in total. The zero-order valence-electron chi connectivity index (χ0n) is 17.7. The third kappa shape index (κ3) is 4.68. The number of carbonyl (C=O) groups is 1. The molecule has 168 valence electrons. The van der Waals surface area contributed by atoms with Gasteiger partial charge in [0, 0.05) is 40.3 Å². The van der Waals surface area contributed by atoms with Crippen molar-refractivity contribution >= 4 is 46.7 Å². The van der Waals surface area contributed by atoms with Gasteiger partial charge in [0.25, 0.3) is 0 Å². The molecule has 9 heteroatoms. The number of ether oxygens (including phenoxy) is 1. The van der Waals surface area contributed by atoms with Crippen LogP contribution in [-0.2, 0) is 4.74 Å². The summed E-state index contributed by atoms with van der Waals surface area (Å²) in [7, 11) is 1.41. The minimum atomic E-state index is -0.286. The minimum absolute atomic E-state index is 0.191. The highest BCUT2D eigenvalue weighted by atomic mass is 35.5. The van der Waals surface area contributed by atoms with Gasteiger partial charge >= 0.3 is 6.09 Å². The molecule has 1 fully saturated rings. The molecule has 1 aliphatic rings. The second kappa shape index (κ2) is 9.61. The Hall–Kier alpha value is -2.41. The van der Waals surface area contributed by atoms with E-state index in [2.05, 4.69) is 5.32 Å². The van der Waals surface area contributed by atoms with Crippen molar-refractivity contribution in [2.45, 2.75) is 25.8 Å². The number of aromatic nitrogens is 2. The Balaban J connectivity index is 1.68. The number of hydrogen-bond acceptors (Lipinski definition) is 4. The van der Waals surface area contributed by atoms with Crippen molar-refractivity contribution in [3.8, 4) is 16.9 Å². The molecule has 32 heavy (non-hydrogen) atoms. The number of halogens is 3.